The first kappa shape index (κ1) is 27.9. The van der Waals surface area contributed by atoms with Crippen molar-refractivity contribution in [3.63, 3.8) is 0 Å². The third-order valence-corrected chi connectivity index (χ3v) is 8.05. The molecular weight excluding hydrogens is 567 g/mol. The third kappa shape index (κ3) is 5.92. The van der Waals surface area contributed by atoms with E-state index in [-0.39, 0.29) is 35.6 Å². The molecule has 2 aliphatic heterocycles. The molecule has 1 saturated heterocycles. The van der Waals surface area contributed by atoms with Crippen molar-refractivity contribution in [3.8, 4) is 5.88 Å². The lowest BCUT2D eigenvalue weighted by molar-refractivity contribution is -0.138. The van der Waals surface area contributed by atoms with Crippen LogP contribution < -0.4 is 15.5 Å². The highest BCUT2D eigenvalue weighted by Gasteiger charge is 2.34. The fourth-order valence-corrected chi connectivity index (χ4v) is 5.95. The summed E-state index contributed by atoms with van der Waals surface area (Å²) in [5.74, 6) is -0.275. The molecule has 1 aromatic heterocycles. The summed E-state index contributed by atoms with van der Waals surface area (Å²) in [6.07, 6.45) is -2.89. The number of aromatic nitrogens is 1. The number of fused-ring (bicyclic) bond motifs is 1. The number of benzene rings is 2. The van der Waals surface area contributed by atoms with E-state index in [2.05, 4.69) is 15.2 Å². The fourth-order valence-electron chi connectivity index (χ4n) is 4.70. The first-order valence-electron chi connectivity index (χ1n) is 12.6. The van der Waals surface area contributed by atoms with Crippen LogP contribution in [0.4, 0.5) is 23.1 Å². The zero-order chi connectivity index (χ0) is 28.4. The van der Waals surface area contributed by atoms with Crippen LogP contribution in [0.15, 0.2) is 46.6 Å². The number of anilines is 1. The molecule has 2 aromatic carbocycles. The first-order valence-corrected chi connectivity index (χ1v) is 13.8. The molecule has 13 heteroatoms. The van der Waals surface area contributed by atoms with Crippen LogP contribution in [0.3, 0.4) is 0 Å². The summed E-state index contributed by atoms with van der Waals surface area (Å²) in [7, 11) is 0. The molecule has 8 nitrogen and oxygen atoms in total. The third-order valence-electron chi connectivity index (χ3n) is 6.65. The lowest BCUT2D eigenvalue weighted by Crippen LogP contribution is -2.35. The van der Waals surface area contributed by atoms with Gasteiger partial charge in [-0.15, -0.1) is 0 Å². The number of nitrogens with zero attached hydrogens (tertiary/aromatic N) is 5. The molecule has 0 radical (unpaired) electrons. The van der Waals surface area contributed by atoms with Gasteiger partial charge in [0.05, 0.1) is 28.6 Å². The molecule has 210 valence electrons. The normalized spacial score (nSPS) is 15.9. The Morgan fingerprint density at radius 2 is 1.98 bits per heavy atom. The number of halogens is 4. The van der Waals surface area contributed by atoms with E-state index >= 15 is 0 Å². The van der Waals surface area contributed by atoms with Gasteiger partial charge in [0.15, 0.2) is 5.13 Å². The molecule has 0 aliphatic carbocycles. The van der Waals surface area contributed by atoms with Crippen molar-refractivity contribution in [1.82, 2.24) is 9.88 Å². The Kier molecular flexibility index (Phi) is 7.99. The minimum atomic E-state index is -4.62. The Labute approximate surface area is 236 Å². The van der Waals surface area contributed by atoms with E-state index in [4.69, 9.17) is 16.3 Å². The number of hydrogen-bond donors (Lipinski definition) is 1. The number of carbonyl (C=O) groups is 1. The number of carbonyl (C=O) groups excluding carboxylic acids is 1. The van der Waals surface area contributed by atoms with Gasteiger partial charge in [-0.05, 0) is 54.0 Å². The Morgan fingerprint density at radius 1 is 1.15 bits per heavy atom. The summed E-state index contributed by atoms with van der Waals surface area (Å²) in [4.78, 5) is 20.5. The molecule has 5 rings (SSSR count). The van der Waals surface area contributed by atoms with E-state index in [1.165, 1.54) is 23.5 Å². The second kappa shape index (κ2) is 11.5. The minimum absolute atomic E-state index is 0.0138. The number of aromatic hydroxyl groups is 1. The van der Waals surface area contributed by atoms with E-state index in [0.717, 1.165) is 11.6 Å². The number of amides is 1. The quantitative estimate of drug-likeness (QED) is 0.468. The van der Waals surface area contributed by atoms with Crippen LogP contribution in [-0.4, -0.2) is 60.1 Å². The Hall–Kier alpha value is -3.64. The summed E-state index contributed by atoms with van der Waals surface area (Å²) in [5.41, 5.74) is 0.365. The Bertz CT molecular complexity index is 1590. The molecule has 1 fully saturated rings. The van der Waals surface area contributed by atoms with Gasteiger partial charge in [0.1, 0.15) is 0 Å². The van der Waals surface area contributed by atoms with E-state index in [9.17, 15) is 23.1 Å². The smallest absolute Gasteiger partial charge is 0.416 e. The average molecular weight is 592 g/mol. The predicted octanol–water partition coefficient (Wildman–Crippen LogP) is 4.60. The maximum atomic E-state index is 14.0. The number of rotatable bonds is 5. The van der Waals surface area contributed by atoms with Gasteiger partial charge < -0.3 is 19.6 Å². The highest BCUT2D eigenvalue weighted by Crippen LogP contribution is 2.39. The van der Waals surface area contributed by atoms with Crippen molar-refractivity contribution < 1.29 is 27.8 Å². The molecular formula is C27H25ClF3N5O3S. The van der Waals surface area contributed by atoms with Crippen molar-refractivity contribution >= 4 is 46.0 Å². The second-order valence-corrected chi connectivity index (χ2v) is 10.7. The Morgan fingerprint density at radius 3 is 2.75 bits per heavy atom. The topological polar surface area (TPSA) is 90.6 Å². The number of ether oxygens (including phenoxy) is 1. The van der Waals surface area contributed by atoms with Crippen molar-refractivity contribution in [1.29, 1.82) is 0 Å². The molecule has 0 spiro atoms. The molecule has 3 heterocycles. The van der Waals surface area contributed by atoms with E-state index < -0.39 is 11.7 Å². The van der Waals surface area contributed by atoms with E-state index in [1.54, 1.807) is 36.2 Å². The van der Waals surface area contributed by atoms with Gasteiger partial charge in [-0.1, -0.05) is 35.1 Å². The van der Waals surface area contributed by atoms with Gasteiger partial charge in [0.25, 0.3) is 0 Å². The number of hydrogen-bond acceptors (Lipinski definition) is 8. The predicted molar refractivity (Wildman–Crippen MR) is 147 cm³/mol. The highest BCUT2D eigenvalue weighted by atomic mass is 35.5. The van der Waals surface area contributed by atoms with E-state index in [1.807, 2.05) is 4.90 Å². The number of thiazole rings is 1. The molecule has 3 aromatic rings. The lowest BCUT2D eigenvalue weighted by Gasteiger charge is -2.21. The Balaban J connectivity index is 1.55. The molecule has 0 bridgehead atoms. The molecule has 1 amide bonds. The molecule has 40 heavy (non-hydrogen) atoms. The van der Waals surface area contributed by atoms with Gasteiger partial charge in [0.2, 0.25) is 5.88 Å². The first-order chi connectivity index (χ1) is 19.1. The highest BCUT2D eigenvalue weighted by molar-refractivity contribution is 7.17. The second-order valence-electron chi connectivity index (χ2n) is 9.25. The van der Waals surface area contributed by atoms with E-state index in [0.29, 0.717) is 58.8 Å². The zero-order valence-electron chi connectivity index (χ0n) is 21.4. The van der Waals surface area contributed by atoms with Crippen LogP contribution in [0.2, 0.25) is 5.02 Å². The molecule has 0 saturated carbocycles. The molecule has 1 N–H and O–H groups in total. The molecule has 2 aliphatic rings. The zero-order valence-corrected chi connectivity index (χ0v) is 23.0. The SMILES string of the molecule is CCOC(=O)N1CCCN(c2nc(O)c(C(Cc3ccc(Cl)cc3C(F)(F)F)=c3ccc4c(c3)C=NN=4)s2)CC1. The van der Waals surface area contributed by atoms with Crippen LogP contribution in [0.5, 0.6) is 5.88 Å². The minimum Gasteiger partial charge on any atom is -0.492 e. The monoisotopic (exact) mass is 591 g/mol. The van der Waals surface area contributed by atoms with Gasteiger partial charge in [-0.3, -0.25) is 0 Å². The summed E-state index contributed by atoms with van der Waals surface area (Å²) in [6, 6.07) is 8.96. The number of alkyl halides is 3. The summed E-state index contributed by atoms with van der Waals surface area (Å²) in [6.45, 7) is 4.03. The van der Waals surface area contributed by atoms with Crippen LogP contribution in [-0.2, 0) is 17.3 Å². The summed E-state index contributed by atoms with van der Waals surface area (Å²) < 4.78 is 47.0. The van der Waals surface area contributed by atoms with Crippen molar-refractivity contribution in [2.24, 2.45) is 10.2 Å². The standard InChI is InChI=1S/C27H25ClF3N5O3S/c1-2-39-26(38)36-9-3-8-35(10-11-36)25-33-24(37)23(40-25)20(16-5-7-22-18(12-16)15-32-34-22)13-17-4-6-19(28)14-21(17)27(29,30)31/h4-7,12,14-15,37H,2-3,8-11,13H2,1H3. The molecule has 0 unspecified atom stereocenters. The van der Waals surface area contributed by atoms with Crippen LogP contribution in [0.1, 0.15) is 34.9 Å². The summed E-state index contributed by atoms with van der Waals surface area (Å²) in [5, 5.41) is 20.7. The van der Waals surface area contributed by atoms with Crippen LogP contribution in [0.25, 0.3) is 5.57 Å². The van der Waals surface area contributed by atoms with Gasteiger partial charge in [-0.25, -0.2) is 4.79 Å². The fraction of sp³-hybridized carbons (Fsp3) is 0.333. The van der Waals surface area contributed by atoms with Crippen molar-refractivity contribution in [3.05, 3.63) is 73.6 Å². The van der Waals surface area contributed by atoms with Gasteiger partial charge in [0, 0.05) is 43.2 Å². The average Bonchev–Trinajstić information content (AvgIpc) is 3.45. The summed E-state index contributed by atoms with van der Waals surface area (Å²) >= 11 is 7.11. The van der Waals surface area contributed by atoms with Gasteiger partial charge >= 0.3 is 12.3 Å². The molecule has 0 atom stereocenters. The van der Waals surface area contributed by atoms with Crippen LogP contribution in [0, 0.1) is 0 Å². The van der Waals surface area contributed by atoms with Gasteiger partial charge in [-0.2, -0.15) is 28.4 Å². The maximum absolute atomic E-state index is 14.0. The lowest BCUT2D eigenvalue weighted by atomic mass is 9.96. The van der Waals surface area contributed by atoms with Crippen molar-refractivity contribution in [2.45, 2.75) is 25.9 Å². The van der Waals surface area contributed by atoms with Crippen molar-refractivity contribution in [2.75, 3.05) is 37.7 Å². The largest absolute Gasteiger partial charge is 0.492 e. The maximum Gasteiger partial charge on any atom is 0.416 e. The van der Waals surface area contributed by atoms with Crippen LogP contribution >= 0.6 is 22.9 Å².